The fraction of sp³-hybridized carbons (Fsp3) is 0.422. The zero-order valence-electron chi connectivity index (χ0n) is 33.7. The summed E-state index contributed by atoms with van der Waals surface area (Å²) in [4.78, 5) is 2.50. The maximum Gasteiger partial charge on any atom is 0.243 e. The molecular formula is C45H56ClN3O6S2. The van der Waals surface area contributed by atoms with E-state index in [1.807, 2.05) is 93.6 Å². The summed E-state index contributed by atoms with van der Waals surface area (Å²) in [5.74, 6) is 2.53. The van der Waals surface area contributed by atoms with Gasteiger partial charge < -0.3 is 23.7 Å². The normalized spacial score (nSPS) is 18.6. The molecule has 1 aliphatic carbocycles. The van der Waals surface area contributed by atoms with E-state index in [2.05, 4.69) is 16.2 Å². The molecule has 4 aromatic rings. The van der Waals surface area contributed by atoms with Gasteiger partial charge in [0.15, 0.2) is 0 Å². The molecule has 1 saturated carbocycles. The van der Waals surface area contributed by atoms with Gasteiger partial charge in [0.1, 0.15) is 28.6 Å². The first-order valence-corrected chi connectivity index (χ1v) is 22.6. The SMILES string of the molecule is C=C[C@@H](N[S+]([O-])C(C)(C)C)[C@@H]1CC[C@H]1CN1CCCCc2cc(Cl)ccc2COc2ccc(S(=O)(=O)N(Cc3ccc(OC)cc3)Cc3ccc(OC)cc3)cc21. The third-order valence-electron chi connectivity index (χ3n) is 11.1. The highest BCUT2D eigenvalue weighted by Crippen LogP contribution is 2.42. The van der Waals surface area contributed by atoms with Gasteiger partial charge in [-0.2, -0.15) is 4.31 Å². The summed E-state index contributed by atoms with van der Waals surface area (Å²) in [5, 5.41) is 0.697. The molecule has 57 heavy (non-hydrogen) atoms. The molecule has 0 aromatic heterocycles. The van der Waals surface area contributed by atoms with Gasteiger partial charge in [-0.05, 0) is 142 Å². The van der Waals surface area contributed by atoms with Crippen molar-refractivity contribution in [2.75, 3.05) is 32.2 Å². The van der Waals surface area contributed by atoms with E-state index in [1.54, 1.807) is 32.4 Å². The molecule has 12 heteroatoms. The lowest BCUT2D eigenvalue weighted by Crippen LogP contribution is -2.52. The summed E-state index contributed by atoms with van der Waals surface area (Å²) in [7, 11) is -0.825. The molecule has 1 N–H and O–H groups in total. The molecule has 4 atom stereocenters. The molecule has 1 aliphatic heterocycles. The Hall–Kier alpha value is -3.71. The van der Waals surface area contributed by atoms with Crippen LogP contribution in [-0.2, 0) is 47.5 Å². The third kappa shape index (κ3) is 10.7. The quantitative estimate of drug-likeness (QED) is 0.0992. The number of benzene rings is 4. The van der Waals surface area contributed by atoms with Gasteiger partial charge in [-0.25, -0.2) is 8.42 Å². The molecule has 1 unspecified atom stereocenters. The molecule has 306 valence electrons. The van der Waals surface area contributed by atoms with Crippen molar-refractivity contribution in [2.24, 2.45) is 11.8 Å². The van der Waals surface area contributed by atoms with Crippen LogP contribution in [-0.4, -0.2) is 55.4 Å². The Morgan fingerprint density at radius 1 is 0.947 bits per heavy atom. The van der Waals surface area contributed by atoms with Gasteiger partial charge in [0.05, 0.1) is 30.8 Å². The third-order valence-corrected chi connectivity index (χ3v) is 14.7. The lowest BCUT2D eigenvalue weighted by Gasteiger charge is -2.44. The second-order valence-corrected chi connectivity index (χ2v) is 20.3. The lowest BCUT2D eigenvalue weighted by molar-refractivity contribution is 0.157. The van der Waals surface area contributed by atoms with Crippen LogP contribution in [0.2, 0.25) is 5.02 Å². The number of sulfonamides is 1. The summed E-state index contributed by atoms with van der Waals surface area (Å²) in [6.07, 6.45) is 6.57. The Morgan fingerprint density at radius 2 is 1.60 bits per heavy atom. The van der Waals surface area contributed by atoms with Crippen molar-refractivity contribution >= 4 is 38.7 Å². The number of nitrogens with zero attached hydrogens (tertiary/aromatic N) is 2. The van der Waals surface area contributed by atoms with E-state index in [0.29, 0.717) is 42.0 Å². The average Bonchev–Trinajstić information content (AvgIpc) is 3.22. The molecule has 1 heterocycles. The molecule has 0 bridgehead atoms. The monoisotopic (exact) mass is 833 g/mol. The van der Waals surface area contributed by atoms with E-state index in [0.717, 1.165) is 60.0 Å². The van der Waals surface area contributed by atoms with Crippen molar-refractivity contribution in [2.45, 2.75) is 88.3 Å². The number of nitrogens with one attached hydrogen (secondary N) is 1. The summed E-state index contributed by atoms with van der Waals surface area (Å²) in [6, 6.07) is 26.0. The first kappa shape index (κ1) is 42.9. The second kappa shape index (κ2) is 18.9. The van der Waals surface area contributed by atoms with E-state index in [-0.39, 0.29) is 35.9 Å². The van der Waals surface area contributed by atoms with E-state index in [1.165, 1.54) is 4.31 Å². The number of hydrogen-bond donors (Lipinski definition) is 1. The number of fused-ring (bicyclic) bond motifs is 2. The van der Waals surface area contributed by atoms with Gasteiger partial charge in [-0.3, -0.25) is 0 Å². The Morgan fingerprint density at radius 3 is 2.16 bits per heavy atom. The molecule has 2 aliphatic rings. The Kier molecular flexibility index (Phi) is 14.2. The molecule has 6 rings (SSSR count). The Balaban J connectivity index is 1.37. The van der Waals surface area contributed by atoms with Gasteiger partial charge >= 0.3 is 0 Å². The van der Waals surface area contributed by atoms with Crippen LogP contribution in [0, 0.1) is 11.8 Å². The Bertz CT molecular complexity index is 2020. The molecule has 9 nitrogen and oxygen atoms in total. The summed E-state index contributed by atoms with van der Waals surface area (Å²) in [6.45, 7) is 12.1. The van der Waals surface area contributed by atoms with Gasteiger partial charge in [-0.1, -0.05) is 48.0 Å². The van der Waals surface area contributed by atoms with Crippen molar-refractivity contribution in [1.82, 2.24) is 9.03 Å². The highest BCUT2D eigenvalue weighted by Gasteiger charge is 2.41. The van der Waals surface area contributed by atoms with Crippen LogP contribution in [0.4, 0.5) is 5.69 Å². The summed E-state index contributed by atoms with van der Waals surface area (Å²) in [5.41, 5.74) is 4.64. The van der Waals surface area contributed by atoms with Crippen LogP contribution in [0.3, 0.4) is 0 Å². The minimum absolute atomic E-state index is 0.112. The first-order valence-electron chi connectivity index (χ1n) is 19.6. The molecule has 0 radical (unpaired) electrons. The topological polar surface area (TPSA) is 103 Å². The van der Waals surface area contributed by atoms with Crippen LogP contribution in [0.5, 0.6) is 17.2 Å². The maximum absolute atomic E-state index is 14.9. The van der Waals surface area contributed by atoms with E-state index in [9.17, 15) is 13.0 Å². The van der Waals surface area contributed by atoms with Gasteiger partial charge in [-0.15, -0.1) is 11.3 Å². The predicted octanol–water partition coefficient (Wildman–Crippen LogP) is 9.10. The van der Waals surface area contributed by atoms with Crippen LogP contribution in [0.1, 0.15) is 68.7 Å². The molecule has 0 spiro atoms. The van der Waals surface area contributed by atoms with Crippen LogP contribution >= 0.6 is 11.6 Å². The van der Waals surface area contributed by atoms with Crippen molar-refractivity contribution < 1.29 is 27.2 Å². The fourth-order valence-corrected chi connectivity index (χ4v) is 10.0. The minimum atomic E-state index is -4.04. The number of hydrogen-bond acceptors (Lipinski definition) is 8. The zero-order valence-corrected chi connectivity index (χ0v) is 36.1. The van der Waals surface area contributed by atoms with Crippen molar-refractivity contribution in [3.8, 4) is 17.2 Å². The number of anilines is 1. The zero-order chi connectivity index (χ0) is 40.7. The number of methoxy groups -OCH3 is 2. The summed E-state index contributed by atoms with van der Waals surface area (Å²) >= 11 is 5.18. The number of ether oxygens (including phenoxy) is 3. The van der Waals surface area contributed by atoms with Gasteiger partial charge in [0, 0.05) is 42.6 Å². The van der Waals surface area contributed by atoms with E-state index >= 15 is 0 Å². The minimum Gasteiger partial charge on any atom is -0.598 e. The van der Waals surface area contributed by atoms with Crippen molar-refractivity contribution in [3.63, 3.8) is 0 Å². The smallest absolute Gasteiger partial charge is 0.243 e. The van der Waals surface area contributed by atoms with Crippen LogP contribution in [0.15, 0.2) is 102 Å². The standard InChI is InChI=1S/C45H56ClN3O6S2/c1-7-42(47-56(50)45(2,3)4)41-23-16-35(41)30-48-25-9-8-10-34-26-37(46)17-15-36(34)31-55-44-24-22-40(27-43(44)48)57(51,52)49(28-32-11-18-38(53-5)19-12-32)29-33-13-20-39(54-6)21-14-33/h7,11-15,17-22,24,26-27,35,41-42,47H,1,8-10,16,23,25,28-31H2,2-6H3/t35-,41+,42+,56?/m0/s1. The van der Waals surface area contributed by atoms with Gasteiger partial charge in [0.25, 0.3) is 0 Å². The molecule has 0 amide bonds. The van der Waals surface area contributed by atoms with Crippen molar-refractivity contribution in [3.05, 3.63) is 125 Å². The van der Waals surface area contributed by atoms with E-state index in [4.69, 9.17) is 25.8 Å². The highest BCUT2D eigenvalue weighted by atomic mass is 35.5. The van der Waals surface area contributed by atoms with Crippen LogP contribution < -0.4 is 23.8 Å². The maximum atomic E-state index is 14.9. The van der Waals surface area contributed by atoms with Crippen molar-refractivity contribution in [1.29, 1.82) is 0 Å². The fourth-order valence-electron chi connectivity index (χ4n) is 7.51. The molecule has 0 saturated heterocycles. The second-order valence-electron chi connectivity index (χ2n) is 16.0. The summed E-state index contributed by atoms with van der Waals surface area (Å²) < 4.78 is 64.8. The number of rotatable bonds is 14. The largest absolute Gasteiger partial charge is 0.598 e. The van der Waals surface area contributed by atoms with Crippen LogP contribution in [0.25, 0.3) is 0 Å². The first-order chi connectivity index (χ1) is 27.3. The number of halogens is 1. The number of aryl methyl sites for hydroxylation is 1. The lowest BCUT2D eigenvalue weighted by atomic mass is 9.69. The predicted molar refractivity (Wildman–Crippen MR) is 231 cm³/mol. The van der Waals surface area contributed by atoms with Gasteiger partial charge in [0.2, 0.25) is 10.0 Å². The highest BCUT2D eigenvalue weighted by molar-refractivity contribution is 7.90. The average molecular weight is 835 g/mol. The van der Waals surface area contributed by atoms with E-state index < -0.39 is 26.1 Å². The Labute approximate surface area is 347 Å². The molecule has 4 aromatic carbocycles. The molecular weight excluding hydrogens is 778 g/mol. The molecule has 1 fully saturated rings.